The molecule has 0 heterocycles. The van der Waals surface area contributed by atoms with E-state index in [9.17, 15) is 4.39 Å². The lowest BCUT2D eigenvalue weighted by molar-refractivity contribution is 0.722. The van der Waals surface area contributed by atoms with Gasteiger partial charge in [0.2, 0.25) is 0 Å². The molecule has 64 valence electrons. The van der Waals surface area contributed by atoms with Crippen LogP contribution in [0.4, 0.5) is 4.39 Å². The van der Waals surface area contributed by atoms with Gasteiger partial charge in [0.15, 0.2) is 0 Å². The predicted molar refractivity (Wildman–Crippen MR) is 53.8 cm³/mol. The van der Waals surface area contributed by atoms with E-state index in [1.165, 1.54) is 5.19 Å². The van der Waals surface area contributed by atoms with Gasteiger partial charge in [0.05, 0.1) is 6.33 Å². The molecule has 0 atom stereocenters. The lowest BCUT2D eigenvalue weighted by Gasteiger charge is -2.16. The lowest BCUT2D eigenvalue weighted by Crippen LogP contribution is -2.39. The van der Waals surface area contributed by atoms with Gasteiger partial charge in [0, 0.05) is 0 Å². The molecular weight excluding hydrogens is 167 g/mol. The van der Waals surface area contributed by atoms with Crippen LogP contribution in [0.15, 0.2) is 42.4 Å². The van der Waals surface area contributed by atoms with Gasteiger partial charge in [0.1, 0.15) is 8.07 Å². The van der Waals surface area contributed by atoms with Crippen LogP contribution in [-0.4, -0.2) is 8.07 Å². The Labute approximate surface area is 73.7 Å². The first-order valence-corrected chi connectivity index (χ1v) is 7.08. The van der Waals surface area contributed by atoms with Crippen molar-refractivity contribution in [2.45, 2.75) is 13.1 Å². The second-order valence-electron chi connectivity index (χ2n) is 3.38. The van der Waals surface area contributed by atoms with Gasteiger partial charge in [-0.2, -0.15) is 0 Å². The minimum absolute atomic E-state index is 0.666. The molecule has 0 bridgehead atoms. The van der Waals surface area contributed by atoms with Gasteiger partial charge in [-0.15, -0.1) is 0 Å². The molecule has 0 aliphatic heterocycles. The van der Waals surface area contributed by atoms with Gasteiger partial charge in [-0.25, -0.2) is 4.39 Å². The van der Waals surface area contributed by atoms with Crippen molar-refractivity contribution in [3.8, 4) is 0 Å². The summed E-state index contributed by atoms with van der Waals surface area (Å²) in [7, 11) is -1.63. The maximum Gasteiger partial charge on any atom is 0.106 e. The SMILES string of the molecule is C[Si](C)(C=CF)c1ccccc1. The van der Waals surface area contributed by atoms with E-state index in [2.05, 4.69) is 25.2 Å². The smallest absolute Gasteiger partial charge is 0.106 e. The fourth-order valence-corrected chi connectivity index (χ4v) is 2.68. The summed E-state index contributed by atoms with van der Waals surface area (Å²) in [5, 5.41) is 1.26. The minimum Gasteiger partial charge on any atom is -0.216 e. The van der Waals surface area contributed by atoms with Crippen molar-refractivity contribution in [3.63, 3.8) is 0 Å². The second-order valence-corrected chi connectivity index (χ2v) is 7.73. The minimum atomic E-state index is -1.63. The summed E-state index contributed by atoms with van der Waals surface area (Å²) in [5.41, 5.74) is 1.70. The molecule has 0 aliphatic carbocycles. The zero-order chi connectivity index (χ0) is 9.03. The second kappa shape index (κ2) is 3.67. The Hall–Kier alpha value is -0.893. The highest BCUT2D eigenvalue weighted by Gasteiger charge is 2.18. The molecule has 0 fully saturated rings. The topological polar surface area (TPSA) is 0 Å². The molecule has 1 rings (SSSR count). The number of halogens is 1. The first-order valence-electron chi connectivity index (χ1n) is 4.00. The number of benzene rings is 1. The number of rotatable bonds is 2. The molecule has 0 radical (unpaired) electrons. The molecule has 1 aromatic rings. The monoisotopic (exact) mass is 180 g/mol. The van der Waals surface area contributed by atoms with E-state index in [-0.39, 0.29) is 0 Å². The Balaban J connectivity index is 2.97. The lowest BCUT2D eigenvalue weighted by atomic mass is 10.4. The molecule has 0 N–H and O–H groups in total. The van der Waals surface area contributed by atoms with Gasteiger partial charge < -0.3 is 0 Å². The van der Waals surface area contributed by atoms with Gasteiger partial charge >= 0.3 is 0 Å². The molecule has 0 nitrogen and oxygen atoms in total. The summed E-state index contributed by atoms with van der Waals surface area (Å²) < 4.78 is 12.0. The van der Waals surface area contributed by atoms with Gasteiger partial charge in [-0.3, -0.25) is 0 Å². The first-order chi connectivity index (χ1) is 5.67. The van der Waals surface area contributed by atoms with Crippen LogP contribution in [0.2, 0.25) is 13.1 Å². The van der Waals surface area contributed by atoms with E-state index in [0.29, 0.717) is 6.33 Å². The normalized spacial score (nSPS) is 12.2. The van der Waals surface area contributed by atoms with Crippen molar-refractivity contribution in [2.75, 3.05) is 0 Å². The zero-order valence-corrected chi connectivity index (χ0v) is 8.42. The molecule has 0 saturated heterocycles. The molecule has 0 amide bonds. The zero-order valence-electron chi connectivity index (χ0n) is 7.42. The van der Waals surface area contributed by atoms with E-state index in [0.717, 1.165) is 0 Å². The summed E-state index contributed by atoms with van der Waals surface area (Å²) in [6, 6.07) is 10.1. The highest BCUT2D eigenvalue weighted by Crippen LogP contribution is 2.04. The van der Waals surface area contributed by atoms with Crippen LogP contribution in [-0.2, 0) is 0 Å². The third kappa shape index (κ3) is 2.05. The van der Waals surface area contributed by atoms with Crippen LogP contribution in [0.25, 0.3) is 0 Å². The number of hydrogen-bond donors (Lipinski definition) is 0. The maximum atomic E-state index is 12.0. The van der Waals surface area contributed by atoms with Crippen LogP contribution in [0.1, 0.15) is 0 Å². The fraction of sp³-hybridized carbons (Fsp3) is 0.200. The fourth-order valence-electron chi connectivity index (χ4n) is 1.12. The summed E-state index contributed by atoms with van der Waals surface area (Å²) in [6.45, 7) is 4.25. The molecule has 12 heavy (non-hydrogen) atoms. The van der Waals surface area contributed by atoms with Crippen LogP contribution in [0.3, 0.4) is 0 Å². The molecule has 2 heteroatoms. The quantitative estimate of drug-likeness (QED) is 0.614. The molecule has 0 spiro atoms. The average Bonchev–Trinajstić information content (AvgIpc) is 2.06. The molecule has 0 aromatic heterocycles. The van der Waals surface area contributed by atoms with Gasteiger partial charge in [-0.05, 0) is 0 Å². The first kappa shape index (κ1) is 9.20. The third-order valence-electron chi connectivity index (χ3n) is 2.00. The van der Waals surface area contributed by atoms with Crippen molar-refractivity contribution in [2.24, 2.45) is 0 Å². The van der Waals surface area contributed by atoms with E-state index in [1.807, 2.05) is 18.2 Å². The van der Waals surface area contributed by atoms with Crippen molar-refractivity contribution in [1.29, 1.82) is 0 Å². The average molecular weight is 180 g/mol. The van der Waals surface area contributed by atoms with E-state index < -0.39 is 8.07 Å². The van der Waals surface area contributed by atoms with Crippen molar-refractivity contribution in [1.82, 2.24) is 0 Å². The summed E-state index contributed by atoms with van der Waals surface area (Å²) in [5.74, 6) is 0. The van der Waals surface area contributed by atoms with E-state index >= 15 is 0 Å². The number of hydrogen-bond acceptors (Lipinski definition) is 0. The molecule has 0 unspecified atom stereocenters. The molecular formula is C10H13FSi. The summed E-state index contributed by atoms with van der Waals surface area (Å²) >= 11 is 0. The van der Waals surface area contributed by atoms with Crippen LogP contribution in [0.5, 0.6) is 0 Å². The molecule has 0 aliphatic rings. The highest BCUT2D eigenvalue weighted by molar-refractivity contribution is 6.93. The van der Waals surface area contributed by atoms with Crippen molar-refractivity contribution >= 4 is 13.3 Å². The van der Waals surface area contributed by atoms with E-state index in [4.69, 9.17) is 0 Å². The largest absolute Gasteiger partial charge is 0.216 e. The molecule has 0 saturated carbocycles. The Bertz CT molecular complexity index is 264. The van der Waals surface area contributed by atoms with Gasteiger partial charge in [0.25, 0.3) is 0 Å². The van der Waals surface area contributed by atoms with Crippen molar-refractivity contribution in [3.05, 3.63) is 42.4 Å². The molecule has 1 aromatic carbocycles. The Morgan fingerprint density at radius 1 is 1.17 bits per heavy atom. The van der Waals surface area contributed by atoms with E-state index in [1.54, 1.807) is 5.70 Å². The maximum absolute atomic E-state index is 12.0. The van der Waals surface area contributed by atoms with Crippen LogP contribution in [0, 0.1) is 0 Å². The Morgan fingerprint density at radius 3 is 2.25 bits per heavy atom. The van der Waals surface area contributed by atoms with Crippen molar-refractivity contribution < 1.29 is 4.39 Å². The Kier molecular flexibility index (Phi) is 2.81. The van der Waals surface area contributed by atoms with Gasteiger partial charge in [-0.1, -0.05) is 54.3 Å². The standard InChI is InChI=1S/C10H13FSi/c1-12(2,9-8-11)10-6-4-3-5-7-10/h3-9H,1-2H3. The Morgan fingerprint density at radius 2 is 1.75 bits per heavy atom. The highest BCUT2D eigenvalue weighted by atomic mass is 28.3. The summed E-state index contributed by atoms with van der Waals surface area (Å²) in [4.78, 5) is 0. The van der Waals surface area contributed by atoms with Crippen LogP contribution < -0.4 is 5.19 Å². The predicted octanol–water partition coefficient (Wildman–Crippen LogP) is 2.62. The van der Waals surface area contributed by atoms with Crippen LogP contribution >= 0.6 is 0 Å². The summed E-state index contributed by atoms with van der Waals surface area (Å²) in [6.07, 6.45) is 0.666. The third-order valence-corrected chi connectivity index (χ3v) is 4.78.